The SMILES string of the molecule is COc1ccc(C(=O)CSc2nc(O)c(Cc3ccc(F)cc3)c(=O)[nH]2)cc1. The number of nitrogens with zero attached hydrogens (tertiary/aromatic N) is 1. The Labute approximate surface area is 164 Å². The third-order valence-electron chi connectivity index (χ3n) is 4.02. The number of rotatable bonds is 7. The average Bonchev–Trinajstić information content (AvgIpc) is 2.70. The monoisotopic (exact) mass is 400 g/mol. The van der Waals surface area contributed by atoms with Crippen LogP contribution in [0.2, 0.25) is 0 Å². The van der Waals surface area contributed by atoms with Gasteiger partial charge in [0.1, 0.15) is 11.6 Å². The second kappa shape index (κ2) is 8.71. The van der Waals surface area contributed by atoms with Crippen LogP contribution >= 0.6 is 11.8 Å². The van der Waals surface area contributed by atoms with Crippen molar-refractivity contribution in [1.29, 1.82) is 0 Å². The quantitative estimate of drug-likeness (QED) is 0.360. The molecule has 28 heavy (non-hydrogen) atoms. The topological polar surface area (TPSA) is 92.3 Å². The third kappa shape index (κ3) is 4.77. The fourth-order valence-electron chi connectivity index (χ4n) is 2.49. The summed E-state index contributed by atoms with van der Waals surface area (Å²) in [6.07, 6.45) is 0.115. The van der Waals surface area contributed by atoms with Crippen LogP contribution in [0.5, 0.6) is 11.6 Å². The van der Waals surface area contributed by atoms with E-state index in [4.69, 9.17) is 4.74 Å². The maximum absolute atomic E-state index is 13.0. The molecule has 0 fully saturated rings. The number of ketones is 1. The first kappa shape index (κ1) is 19.6. The first-order valence-corrected chi connectivity index (χ1v) is 9.31. The molecule has 3 aromatic rings. The number of ether oxygens (including phenoxy) is 1. The molecule has 0 atom stereocenters. The average molecular weight is 400 g/mol. The zero-order chi connectivity index (χ0) is 20.1. The molecular weight excluding hydrogens is 383 g/mol. The van der Waals surface area contributed by atoms with Crippen molar-refractivity contribution in [2.45, 2.75) is 11.6 Å². The Morgan fingerprint density at radius 1 is 1.18 bits per heavy atom. The van der Waals surface area contributed by atoms with Gasteiger partial charge in [-0.05, 0) is 42.0 Å². The van der Waals surface area contributed by atoms with Crippen LogP contribution in [-0.2, 0) is 6.42 Å². The minimum Gasteiger partial charge on any atom is -0.497 e. The van der Waals surface area contributed by atoms with Crippen molar-refractivity contribution in [1.82, 2.24) is 9.97 Å². The number of benzene rings is 2. The van der Waals surface area contributed by atoms with Crippen LogP contribution in [-0.4, -0.2) is 33.7 Å². The molecule has 3 rings (SSSR count). The normalized spacial score (nSPS) is 10.6. The molecule has 0 aliphatic rings. The molecule has 144 valence electrons. The summed E-state index contributed by atoms with van der Waals surface area (Å²) in [4.78, 5) is 31.0. The van der Waals surface area contributed by atoms with Gasteiger partial charge in [-0.2, -0.15) is 4.98 Å². The zero-order valence-electron chi connectivity index (χ0n) is 14.9. The van der Waals surface area contributed by atoms with Crippen LogP contribution < -0.4 is 10.3 Å². The molecule has 0 radical (unpaired) electrons. The highest BCUT2D eigenvalue weighted by atomic mass is 32.2. The molecule has 0 unspecified atom stereocenters. The number of hydrogen-bond acceptors (Lipinski definition) is 6. The summed E-state index contributed by atoms with van der Waals surface area (Å²) in [7, 11) is 1.54. The van der Waals surface area contributed by atoms with Crippen molar-refractivity contribution in [3.05, 3.63) is 81.4 Å². The molecular formula is C20H17FN2O4S. The van der Waals surface area contributed by atoms with E-state index >= 15 is 0 Å². The maximum Gasteiger partial charge on any atom is 0.258 e. The van der Waals surface area contributed by atoms with E-state index in [0.717, 1.165) is 11.8 Å². The molecule has 0 spiro atoms. The zero-order valence-corrected chi connectivity index (χ0v) is 15.8. The number of carbonyl (C=O) groups is 1. The number of nitrogens with one attached hydrogen (secondary N) is 1. The van der Waals surface area contributed by atoms with Crippen molar-refractivity contribution < 1.29 is 19.0 Å². The van der Waals surface area contributed by atoms with Gasteiger partial charge in [0.2, 0.25) is 5.88 Å². The Hall–Kier alpha value is -3.13. The number of hydrogen-bond donors (Lipinski definition) is 2. The second-order valence-electron chi connectivity index (χ2n) is 5.92. The Morgan fingerprint density at radius 2 is 1.86 bits per heavy atom. The lowest BCUT2D eigenvalue weighted by atomic mass is 10.1. The highest BCUT2D eigenvalue weighted by molar-refractivity contribution is 7.99. The smallest absolute Gasteiger partial charge is 0.258 e. The van der Waals surface area contributed by atoms with Crippen LogP contribution in [0.3, 0.4) is 0 Å². The number of aromatic nitrogens is 2. The summed E-state index contributed by atoms with van der Waals surface area (Å²) in [6.45, 7) is 0. The first-order valence-electron chi connectivity index (χ1n) is 8.33. The summed E-state index contributed by atoms with van der Waals surface area (Å²) in [5.41, 5.74) is 0.751. The van der Waals surface area contributed by atoms with E-state index in [1.807, 2.05) is 0 Å². The van der Waals surface area contributed by atoms with Gasteiger partial charge in [0.15, 0.2) is 10.9 Å². The third-order valence-corrected chi connectivity index (χ3v) is 4.89. The van der Waals surface area contributed by atoms with E-state index in [0.29, 0.717) is 16.9 Å². The predicted molar refractivity (Wildman–Crippen MR) is 104 cm³/mol. The van der Waals surface area contributed by atoms with Crippen LogP contribution in [0.1, 0.15) is 21.5 Å². The van der Waals surface area contributed by atoms with E-state index < -0.39 is 11.4 Å². The van der Waals surface area contributed by atoms with Crippen LogP contribution in [0.25, 0.3) is 0 Å². The molecule has 0 aliphatic heterocycles. The molecule has 0 amide bonds. The first-order chi connectivity index (χ1) is 13.5. The lowest BCUT2D eigenvalue weighted by molar-refractivity contribution is 0.102. The summed E-state index contributed by atoms with van der Waals surface area (Å²) in [6, 6.07) is 12.3. The standard InChI is InChI=1S/C20H17FN2O4S/c1-27-15-8-4-13(5-9-15)17(24)11-28-20-22-18(25)16(19(26)23-20)10-12-2-6-14(21)7-3-12/h2-9H,10-11H2,1H3,(H2,22,23,25,26). The Morgan fingerprint density at radius 3 is 2.46 bits per heavy atom. The maximum atomic E-state index is 13.0. The fraction of sp³-hybridized carbons (Fsp3) is 0.150. The molecule has 1 heterocycles. The van der Waals surface area contributed by atoms with E-state index in [1.165, 1.54) is 24.3 Å². The van der Waals surface area contributed by atoms with Crippen molar-refractivity contribution in [3.8, 4) is 11.6 Å². The Bertz CT molecular complexity index is 1030. The summed E-state index contributed by atoms with van der Waals surface area (Å²) < 4.78 is 18.0. The summed E-state index contributed by atoms with van der Waals surface area (Å²) in [5, 5.41) is 10.3. The van der Waals surface area contributed by atoms with Gasteiger partial charge in [-0.15, -0.1) is 0 Å². The van der Waals surface area contributed by atoms with E-state index in [2.05, 4.69) is 9.97 Å². The molecule has 0 bridgehead atoms. The number of H-pyrrole nitrogens is 1. The summed E-state index contributed by atoms with van der Waals surface area (Å²) >= 11 is 1.02. The minimum atomic E-state index is -0.503. The number of carbonyl (C=O) groups excluding carboxylic acids is 1. The summed E-state index contributed by atoms with van der Waals surface area (Å²) in [5.74, 6) is -0.241. The van der Waals surface area contributed by atoms with Gasteiger partial charge in [0.25, 0.3) is 5.56 Å². The highest BCUT2D eigenvalue weighted by Crippen LogP contribution is 2.20. The number of thioether (sulfide) groups is 1. The molecule has 0 saturated carbocycles. The van der Waals surface area contributed by atoms with Crippen molar-refractivity contribution >= 4 is 17.5 Å². The number of halogens is 1. The molecule has 8 heteroatoms. The van der Waals surface area contributed by atoms with Gasteiger partial charge < -0.3 is 14.8 Å². The largest absolute Gasteiger partial charge is 0.497 e. The lowest BCUT2D eigenvalue weighted by Gasteiger charge is -2.06. The van der Waals surface area contributed by atoms with Gasteiger partial charge in [-0.25, -0.2) is 4.39 Å². The molecule has 1 aromatic heterocycles. The number of Topliss-reactive ketones (excluding diaryl/α,β-unsaturated/α-hetero) is 1. The van der Waals surface area contributed by atoms with Gasteiger partial charge >= 0.3 is 0 Å². The minimum absolute atomic E-state index is 0.0476. The molecule has 0 aliphatic carbocycles. The van der Waals surface area contributed by atoms with E-state index in [9.17, 15) is 19.1 Å². The molecule has 2 aromatic carbocycles. The number of methoxy groups -OCH3 is 1. The van der Waals surface area contributed by atoms with Crippen molar-refractivity contribution in [2.24, 2.45) is 0 Å². The van der Waals surface area contributed by atoms with Gasteiger partial charge in [0.05, 0.1) is 18.4 Å². The van der Waals surface area contributed by atoms with Gasteiger partial charge in [-0.3, -0.25) is 9.59 Å². The fourth-order valence-corrected chi connectivity index (χ4v) is 3.24. The van der Waals surface area contributed by atoms with Crippen LogP contribution in [0.4, 0.5) is 4.39 Å². The van der Waals surface area contributed by atoms with Crippen LogP contribution in [0, 0.1) is 5.82 Å². The van der Waals surface area contributed by atoms with Crippen LogP contribution in [0.15, 0.2) is 58.5 Å². The van der Waals surface area contributed by atoms with Gasteiger partial charge in [-0.1, -0.05) is 23.9 Å². The predicted octanol–water partition coefficient (Wildman–Crippen LogP) is 3.19. The Balaban J connectivity index is 1.68. The van der Waals surface area contributed by atoms with E-state index in [-0.39, 0.29) is 34.5 Å². The lowest BCUT2D eigenvalue weighted by Crippen LogP contribution is -2.16. The number of aromatic amines is 1. The number of aromatic hydroxyl groups is 1. The molecule has 6 nitrogen and oxygen atoms in total. The Kier molecular flexibility index (Phi) is 6.10. The second-order valence-corrected chi connectivity index (χ2v) is 6.88. The van der Waals surface area contributed by atoms with Gasteiger partial charge in [0, 0.05) is 12.0 Å². The van der Waals surface area contributed by atoms with Crippen molar-refractivity contribution in [2.75, 3.05) is 12.9 Å². The highest BCUT2D eigenvalue weighted by Gasteiger charge is 2.14. The molecule has 0 saturated heterocycles. The van der Waals surface area contributed by atoms with E-state index in [1.54, 1.807) is 31.4 Å². The molecule has 2 N–H and O–H groups in total. The van der Waals surface area contributed by atoms with Crippen molar-refractivity contribution in [3.63, 3.8) is 0 Å².